The standard InChI is InChI=1S/C16H17NO3/c1-11-8-13(6-7-15(11)18)16(19)17-10-12-4-3-5-14(9-12)20-2/h3-9,18H,10H2,1-2H3,(H,17,19). The van der Waals surface area contributed by atoms with E-state index >= 15 is 0 Å². The maximum atomic E-state index is 12.0. The Kier molecular flexibility index (Phi) is 4.25. The lowest BCUT2D eigenvalue weighted by molar-refractivity contribution is 0.0951. The van der Waals surface area contributed by atoms with Gasteiger partial charge in [0, 0.05) is 12.1 Å². The quantitative estimate of drug-likeness (QED) is 0.898. The van der Waals surface area contributed by atoms with Crippen LogP contribution < -0.4 is 10.1 Å². The molecule has 0 saturated carbocycles. The Hall–Kier alpha value is -2.49. The first-order valence-electron chi connectivity index (χ1n) is 6.31. The minimum absolute atomic E-state index is 0.170. The van der Waals surface area contributed by atoms with Gasteiger partial charge >= 0.3 is 0 Å². The summed E-state index contributed by atoms with van der Waals surface area (Å²) in [4.78, 5) is 12.0. The number of aryl methyl sites for hydroxylation is 1. The van der Waals surface area contributed by atoms with Crippen LogP contribution in [-0.2, 0) is 6.54 Å². The number of hydrogen-bond donors (Lipinski definition) is 2. The topological polar surface area (TPSA) is 58.6 Å². The lowest BCUT2D eigenvalue weighted by Crippen LogP contribution is -2.22. The fraction of sp³-hybridized carbons (Fsp3) is 0.188. The molecule has 2 aromatic carbocycles. The van der Waals surface area contributed by atoms with E-state index < -0.39 is 0 Å². The van der Waals surface area contributed by atoms with Crippen LogP contribution in [0.3, 0.4) is 0 Å². The van der Waals surface area contributed by atoms with Gasteiger partial charge in [-0.3, -0.25) is 4.79 Å². The Morgan fingerprint density at radius 1 is 1.25 bits per heavy atom. The molecule has 1 amide bonds. The minimum atomic E-state index is -0.170. The van der Waals surface area contributed by atoms with Gasteiger partial charge in [-0.25, -0.2) is 0 Å². The molecular formula is C16H17NO3. The van der Waals surface area contributed by atoms with E-state index in [1.807, 2.05) is 24.3 Å². The molecule has 20 heavy (non-hydrogen) atoms. The fourth-order valence-electron chi connectivity index (χ4n) is 1.86. The van der Waals surface area contributed by atoms with Crippen molar-refractivity contribution in [3.8, 4) is 11.5 Å². The van der Waals surface area contributed by atoms with E-state index in [4.69, 9.17) is 4.74 Å². The highest BCUT2D eigenvalue weighted by Gasteiger charge is 2.07. The van der Waals surface area contributed by atoms with Gasteiger partial charge in [-0.05, 0) is 48.4 Å². The number of carbonyl (C=O) groups excluding carboxylic acids is 1. The van der Waals surface area contributed by atoms with Crippen molar-refractivity contribution < 1.29 is 14.6 Å². The Bertz CT molecular complexity index is 623. The van der Waals surface area contributed by atoms with Crippen molar-refractivity contribution >= 4 is 5.91 Å². The summed E-state index contributed by atoms with van der Waals surface area (Å²) in [6.45, 7) is 2.18. The highest BCUT2D eigenvalue weighted by atomic mass is 16.5. The average molecular weight is 271 g/mol. The van der Waals surface area contributed by atoms with E-state index in [1.165, 1.54) is 6.07 Å². The normalized spacial score (nSPS) is 10.1. The summed E-state index contributed by atoms with van der Waals surface area (Å²) in [5.41, 5.74) is 2.18. The SMILES string of the molecule is COc1cccc(CNC(=O)c2ccc(O)c(C)c2)c1. The largest absolute Gasteiger partial charge is 0.508 e. The number of ether oxygens (including phenoxy) is 1. The lowest BCUT2D eigenvalue weighted by atomic mass is 10.1. The molecule has 0 radical (unpaired) electrons. The van der Waals surface area contributed by atoms with Crippen LogP contribution in [0.5, 0.6) is 11.5 Å². The highest BCUT2D eigenvalue weighted by molar-refractivity contribution is 5.94. The molecule has 0 aliphatic carbocycles. The summed E-state index contributed by atoms with van der Waals surface area (Å²) in [7, 11) is 1.61. The third-order valence-corrected chi connectivity index (χ3v) is 3.05. The van der Waals surface area contributed by atoms with Gasteiger partial charge in [0.05, 0.1) is 7.11 Å². The summed E-state index contributed by atoms with van der Waals surface area (Å²) in [6.07, 6.45) is 0. The molecule has 0 saturated heterocycles. The first-order valence-corrected chi connectivity index (χ1v) is 6.31. The van der Waals surface area contributed by atoms with E-state index in [2.05, 4.69) is 5.32 Å². The van der Waals surface area contributed by atoms with Crippen LogP contribution >= 0.6 is 0 Å². The number of phenols is 1. The van der Waals surface area contributed by atoms with Gasteiger partial charge in [0.1, 0.15) is 11.5 Å². The number of nitrogens with one attached hydrogen (secondary N) is 1. The molecule has 0 aliphatic heterocycles. The number of methoxy groups -OCH3 is 1. The van der Waals surface area contributed by atoms with Crippen molar-refractivity contribution in [2.45, 2.75) is 13.5 Å². The van der Waals surface area contributed by atoms with Gasteiger partial charge in [-0.15, -0.1) is 0 Å². The second kappa shape index (κ2) is 6.10. The van der Waals surface area contributed by atoms with E-state index in [0.29, 0.717) is 17.7 Å². The molecule has 0 atom stereocenters. The Morgan fingerprint density at radius 2 is 2.05 bits per heavy atom. The lowest BCUT2D eigenvalue weighted by Gasteiger charge is -2.08. The Labute approximate surface area is 118 Å². The van der Waals surface area contributed by atoms with Crippen molar-refractivity contribution in [2.24, 2.45) is 0 Å². The number of amides is 1. The first-order chi connectivity index (χ1) is 9.60. The van der Waals surface area contributed by atoms with Crippen molar-refractivity contribution in [3.05, 3.63) is 59.2 Å². The molecule has 4 nitrogen and oxygen atoms in total. The van der Waals surface area contributed by atoms with Crippen LogP contribution in [0.1, 0.15) is 21.5 Å². The van der Waals surface area contributed by atoms with Crippen LogP contribution in [0.15, 0.2) is 42.5 Å². The zero-order valence-electron chi connectivity index (χ0n) is 11.5. The van der Waals surface area contributed by atoms with Gasteiger partial charge in [0.25, 0.3) is 5.91 Å². The Morgan fingerprint density at radius 3 is 2.75 bits per heavy atom. The fourth-order valence-corrected chi connectivity index (χ4v) is 1.86. The summed E-state index contributed by atoms with van der Waals surface area (Å²) >= 11 is 0. The van der Waals surface area contributed by atoms with Crippen molar-refractivity contribution in [3.63, 3.8) is 0 Å². The molecule has 0 heterocycles. The second-order valence-corrected chi connectivity index (χ2v) is 4.54. The molecule has 0 aliphatic rings. The predicted molar refractivity (Wildman–Crippen MR) is 77.0 cm³/mol. The third-order valence-electron chi connectivity index (χ3n) is 3.05. The summed E-state index contributed by atoms with van der Waals surface area (Å²) < 4.78 is 5.13. The van der Waals surface area contributed by atoms with Gasteiger partial charge in [0.2, 0.25) is 0 Å². The van der Waals surface area contributed by atoms with E-state index in [-0.39, 0.29) is 11.7 Å². The molecule has 2 rings (SSSR count). The molecule has 2 aromatic rings. The number of carbonyl (C=O) groups is 1. The first kappa shape index (κ1) is 13.9. The maximum Gasteiger partial charge on any atom is 0.251 e. The van der Waals surface area contributed by atoms with Crippen molar-refractivity contribution in [1.82, 2.24) is 5.32 Å². The van der Waals surface area contributed by atoms with Crippen LogP contribution in [0, 0.1) is 6.92 Å². The molecule has 4 heteroatoms. The smallest absolute Gasteiger partial charge is 0.251 e. The second-order valence-electron chi connectivity index (χ2n) is 4.54. The molecule has 0 unspecified atom stereocenters. The predicted octanol–water partition coefficient (Wildman–Crippen LogP) is 2.64. The molecule has 104 valence electrons. The number of aromatic hydroxyl groups is 1. The van der Waals surface area contributed by atoms with Crippen molar-refractivity contribution in [2.75, 3.05) is 7.11 Å². The molecule has 0 fully saturated rings. The van der Waals surface area contributed by atoms with Crippen molar-refractivity contribution in [1.29, 1.82) is 0 Å². The van der Waals surface area contributed by atoms with Crippen LogP contribution in [0.4, 0.5) is 0 Å². The summed E-state index contributed by atoms with van der Waals surface area (Å²) in [6, 6.07) is 12.3. The molecule has 0 aromatic heterocycles. The number of phenolic OH excluding ortho intramolecular Hbond substituents is 1. The van der Waals surface area contributed by atoms with Crippen LogP contribution in [0.2, 0.25) is 0 Å². The molecule has 0 spiro atoms. The summed E-state index contributed by atoms with van der Waals surface area (Å²) in [5.74, 6) is 0.780. The van der Waals surface area contributed by atoms with Gasteiger partial charge in [0.15, 0.2) is 0 Å². The van der Waals surface area contributed by atoms with E-state index in [1.54, 1.807) is 26.2 Å². The summed E-state index contributed by atoms with van der Waals surface area (Å²) in [5, 5.41) is 12.3. The number of hydrogen-bond acceptors (Lipinski definition) is 3. The molecule has 0 bridgehead atoms. The zero-order valence-corrected chi connectivity index (χ0v) is 11.5. The van der Waals surface area contributed by atoms with Crippen LogP contribution in [0.25, 0.3) is 0 Å². The van der Waals surface area contributed by atoms with E-state index in [0.717, 1.165) is 11.3 Å². The molecule has 2 N–H and O–H groups in total. The van der Waals surface area contributed by atoms with Gasteiger partial charge in [-0.2, -0.15) is 0 Å². The maximum absolute atomic E-state index is 12.0. The van der Waals surface area contributed by atoms with Gasteiger partial charge in [-0.1, -0.05) is 12.1 Å². The zero-order chi connectivity index (χ0) is 14.5. The van der Waals surface area contributed by atoms with E-state index in [9.17, 15) is 9.90 Å². The minimum Gasteiger partial charge on any atom is -0.508 e. The number of rotatable bonds is 4. The average Bonchev–Trinajstić information content (AvgIpc) is 2.47. The Balaban J connectivity index is 2.02. The third kappa shape index (κ3) is 3.29. The monoisotopic (exact) mass is 271 g/mol. The number of benzene rings is 2. The van der Waals surface area contributed by atoms with Gasteiger partial charge < -0.3 is 15.2 Å². The highest BCUT2D eigenvalue weighted by Crippen LogP contribution is 2.17. The molecular weight excluding hydrogens is 254 g/mol. The van der Waals surface area contributed by atoms with Crippen LogP contribution in [-0.4, -0.2) is 18.1 Å².